The zero-order chi connectivity index (χ0) is 19.8. The van der Waals surface area contributed by atoms with Crippen LogP contribution in [0.5, 0.6) is 5.75 Å². The Balaban J connectivity index is 1.49. The summed E-state index contributed by atoms with van der Waals surface area (Å²) in [5.74, 6) is 0.390. The van der Waals surface area contributed by atoms with E-state index < -0.39 is 10.0 Å². The monoisotopic (exact) mass is 408 g/mol. The molecule has 1 aromatic rings. The Morgan fingerprint density at radius 2 is 1.50 bits per heavy atom. The quantitative estimate of drug-likeness (QED) is 0.782. The summed E-state index contributed by atoms with van der Waals surface area (Å²) in [6, 6.07) is 6.62. The molecule has 156 valence electrons. The van der Waals surface area contributed by atoms with Crippen LogP contribution in [0.3, 0.4) is 0 Å². The Morgan fingerprint density at radius 1 is 0.929 bits per heavy atom. The van der Waals surface area contributed by atoms with Crippen LogP contribution in [0.15, 0.2) is 29.2 Å². The molecule has 0 spiro atoms. The molecule has 0 bridgehead atoms. The molecule has 3 rings (SSSR count). The second kappa shape index (κ2) is 10.3. The number of ether oxygens (including phenoxy) is 1. The van der Waals surface area contributed by atoms with Crippen molar-refractivity contribution >= 4 is 15.9 Å². The predicted octanol–water partition coefficient (Wildman–Crippen LogP) is 3.47. The fraction of sp³-hybridized carbons (Fsp3) is 0.667. The molecule has 1 N–H and O–H groups in total. The van der Waals surface area contributed by atoms with E-state index in [0.29, 0.717) is 18.8 Å². The first-order valence-electron chi connectivity index (χ1n) is 10.6. The van der Waals surface area contributed by atoms with Crippen LogP contribution in [0.4, 0.5) is 0 Å². The lowest BCUT2D eigenvalue weighted by molar-refractivity contribution is -0.123. The van der Waals surface area contributed by atoms with E-state index in [9.17, 15) is 13.2 Å². The first kappa shape index (κ1) is 21.1. The maximum atomic E-state index is 12.7. The van der Waals surface area contributed by atoms with Crippen LogP contribution in [-0.2, 0) is 14.8 Å². The Kier molecular flexibility index (Phi) is 7.73. The molecule has 1 saturated carbocycles. The second-order valence-electron chi connectivity index (χ2n) is 7.83. The van der Waals surface area contributed by atoms with E-state index >= 15 is 0 Å². The van der Waals surface area contributed by atoms with E-state index in [0.717, 1.165) is 32.1 Å². The summed E-state index contributed by atoms with van der Waals surface area (Å²) < 4.78 is 32.4. The van der Waals surface area contributed by atoms with Crippen molar-refractivity contribution in [3.8, 4) is 5.75 Å². The maximum Gasteiger partial charge on any atom is 0.258 e. The van der Waals surface area contributed by atoms with Gasteiger partial charge in [0.1, 0.15) is 5.75 Å². The number of benzene rings is 1. The molecule has 2 aliphatic rings. The largest absolute Gasteiger partial charge is 0.484 e. The summed E-state index contributed by atoms with van der Waals surface area (Å²) in [7, 11) is -3.44. The molecule has 0 radical (unpaired) electrons. The minimum Gasteiger partial charge on any atom is -0.484 e. The summed E-state index contributed by atoms with van der Waals surface area (Å²) in [5.41, 5.74) is 0. The third kappa shape index (κ3) is 5.95. The molecule has 1 amide bonds. The molecule has 0 aromatic heterocycles. The fourth-order valence-electron chi connectivity index (χ4n) is 3.98. The maximum absolute atomic E-state index is 12.7. The molecule has 1 heterocycles. The number of nitrogens with zero attached hydrogens (tertiary/aromatic N) is 1. The molecule has 7 heteroatoms. The average Bonchev–Trinajstić information content (AvgIpc) is 2.69. The van der Waals surface area contributed by atoms with Crippen LogP contribution >= 0.6 is 0 Å². The van der Waals surface area contributed by atoms with Gasteiger partial charge in [-0.2, -0.15) is 4.31 Å². The number of amides is 1. The van der Waals surface area contributed by atoms with Gasteiger partial charge in [-0.25, -0.2) is 8.42 Å². The Labute approximate surface area is 168 Å². The van der Waals surface area contributed by atoms with Crippen LogP contribution in [-0.4, -0.2) is 44.4 Å². The van der Waals surface area contributed by atoms with Crippen molar-refractivity contribution in [3.05, 3.63) is 24.3 Å². The summed E-state index contributed by atoms with van der Waals surface area (Å²) in [5, 5.41) is 3.07. The van der Waals surface area contributed by atoms with Gasteiger partial charge in [-0.05, 0) is 49.9 Å². The van der Waals surface area contributed by atoms with Crippen molar-refractivity contribution in [2.24, 2.45) is 0 Å². The van der Waals surface area contributed by atoms with Gasteiger partial charge in [-0.15, -0.1) is 0 Å². The molecular formula is C21H32N2O4S. The fourth-order valence-corrected chi connectivity index (χ4v) is 5.50. The lowest BCUT2D eigenvalue weighted by atomic mass is 9.97. The number of piperidine rings is 1. The minimum absolute atomic E-state index is 0.0469. The topological polar surface area (TPSA) is 75.7 Å². The molecule has 1 aliphatic carbocycles. The molecule has 0 atom stereocenters. The van der Waals surface area contributed by atoms with Gasteiger partial charge < -0.3 is 10.1 Å². The number of nitrogens with one attached hydrogen (secondary N) is 1. The molecule has 0 unspecified atom stereocenters. The lowest BCUT2D eigenvalue weighted by Gasteiger charge is -2.25. The van der Waals surface area contributed by atoms with Gasteiger partial charge in [-0.1, -0.05) is 38.5 Å². The second-order valence-corrected chi connectivity index (χ2v) is 9.77. The van der Waals surface area contributed by atoms with Crippen molar-refractivity contribution in [3.63, 3.8) is 0 Å². The number of hydrogen-bond acceptors (Lipinski definition) is 4. The van der Waals surface area contributed by atoms with E-state index in [1.807, 2.05) is 0 Å². The highest BCUT2D eigenvalue weighted by Gasteiger charge is 2.25. The van der Waals surface area contributed by atoms with Crippen molar-refractivity contribution < 1.29 is 17.9 Å². The Morgan fingerprint density at radius 3 is 2.14 bits per heavy atom. The zero-order valence-corrected chi connectivity index (χ0v) is 17.4. The number of carbonyl (C=O) groups is 1. The first-order valence-corrected chi connectivity index (χ1v) is 12.0. The molecule has 2 fully saturated rings. The van der Waals surface area contributed by atoms with Crippen molar-refractivity contribution in [2.75, 3.05) is 19.7 Å². The summed E-state index contributed by atoms with van der Waals surface area (Å²) >= 11 is 0. The summed E-state index contributed by atoms with van der Waals surface area (Å²) in [4.78, 5) is 12.5. The third-order valence-corrected chi connectivity index (χ3v) is 7.53. The van der Waals surface area contributed by atoms with Gasteiger partial charge in [0.25, 0.3) is 5.91 Å². The van der Waals surface area contributed by atoms with Crippen LogP contribution < -0.4 is 10.1 Å². The molecule has 6 nitrogen and oxygen atoms in total. The predicted molar refractivity (Wildman–Crippen MR) is 109 cm³/mol. The number of sulfonamides is 1. The standard InChI is InChI=1S/C21H32N2O4S/c24-21(22-18-9-5-2-1-3-6-10-18)17-27-19-11-13-20(14-12-19)28(25,26)23-15-7-4-8-16-23/h11-14,18H,1-10,15-17H2,(H,22,24). The van der Waals surface area contributed by atoms with Crippen LogP contribution in [0, 0.1) is 0 Å². The van der Waals surface area contributed by atoms with Crippen LogP contribution in [0.25, 0.3) is 0 Å². The molecule has 28 heavy (non-hydrogen) atoms. The van der Waals surface area contributed by atoms with Crippen molar-refractivity contribution in [2.45, 2.75) is 75.1 Å². The van der Waals surface area contributed by atoms with Crippen molar-refractivity contribution in [1.82, 2.24) is 9.62 Å². The van der Waals surface area contributed by atoms with E-state index in [-0.39, 0.29) is 23.5 Å². The Hall–Kier alpha value is -1.60. The molecular weight excluding hydrogens is 376 g/mol. The highest BCUT2D eigenvalue weighted by molar-refractivity contribution is 7.89. The van der Waals surface area contributed by atoms with Crippen molar-refractivity contribution in [1.29, 1.82) is 0 Å². The van der Waals surface area contributed by atoms with Gasteiger partial charge in [0.15, 0.2) is 6.61 Å². The highest BCUT2D eigenvalue weighted by atomic mass is 32.2. The van der Waals surface area contributed by atoms with Crippen LogP contribution in [0.1, 0.15) is 64.2 Å². The van der Waals surface area contributed by atoms with E-state index in [1.165, 1.54) is 32.1 Å². The lowest BCUT2D eigenvalue weighted by Crippen LogP contribution is -2.38. The Bertz CT molecular complexity index is 719. The summed E-state index contributed by atoms with van der Waals surface area (Å²) in [6.07, 6.45) is 11.1. The van der Waals surface area contributed by atoms with E-state index in [1.54, 1.807) is 28.6 Å². The number of hydrogen-bond donors (Lipinski definition) is 1. The highest BCUT2D eigenvalue weighted by Crippen LogP contribution is 2.23. The molecule has 1 saturated heterocycles. The average molecular weight is 409 g/mol. The number of rotatable bonds is 6. The summed E-state index contributed by atoms with van der Waals surface area (Å²) in [6.45, 7) is 1.12. The van der Waals surface area contributed by atoms with Crippen LogP contribution in [0.2, 0.25) is 0 Å². The smallest absolute Gasteiger partial charge is 0.258 e. The SMILES string of the molecule is O=C(COc1ccc(S(=O)(=O)N2CCCCC2)cc1)NC1CCCCCCC1. The number of carbonyl (C=O) groups excluding carboxylic acids is 1. The molecule has 1 aromatic carbocycles. The van der Waals surface area contributed by atoms with Gasteiger partial charge in [0.2, 0.25) is 10.0 Å². The van der Waals surface area contributed by atoms with Gasteiger partial charge in [0, 0.05) is 19.1 Å². The van der Waals surface area contributed by atoms with E-state index in [2.05, 4.69) is 5.32 Å². The van der Waals surface area contributed by atoms with Gasteiger partial charge >= 0.3 is 0 Å². The molecule has 1 aliphatic heterocycles. The van der Waals surface area contributed by atoms with Gasteiger partial charge in [-0.3, -0.25) is 4.79 Å². The van der Waals surface area contributed by atoms with E-state index in [4.69, 9.17) is 4.74 Å². The zero-order valence-electron chi connectivity index (χ0n) is 16.6. The van der Waals surface area contributed by atoms with Gasteiger partial charge in [0.05, 0.1) is 4.90 Å². The third-order valence-electron chi connectivity index (χ3n) is 5.62. The minimum atomic E-state index is -3.44. The normalized spacial score (nSPS) is 20.1. The first-order chi connectivity index (χ1) is 13.6.